The summed E-state index contributed by atoms with van der Waals surface area (Å²) in [6, 6.07) is 17.9. The van der Waals surface area contributed by atoms with Crippen molar-refractivity contribution < 1.29 is 9.47 Å². The van der Waals surface area contributed by atoms with Crippen LogP contribution in [0.4, 0.5) is 0 Å². The van der Waals surface area contributed by atoms with E-state index in [1.165, 1.54) is 0 Å². The van der Waals surface area contributed by atoms with Gasteiger partial charge in [-0.3, -0.25) is 4.98 Å². The minimum absolute atomic E-state index is 0.485. The summed E-state index contributed by atoms with van der Waals surface area (Å²) in [6.07, 6.45) is 3.53. The van der Waals surface area contributed by atoms with Crippen LogP contribution in [0.1, 0.15) is 5.56 Å². The van der Waals surface area contributed by atoms with Crippen LogP contribution in [0.3, 0.4) is 0 Å². The Kier molecular flexibility index (Phi) is 5.69. The van der Waals surface area contributed by atoms with Crippen LogP contribution in [0.5, 0.6) is 11.5 Å². The summed E-state index contributed by atoms with van der Waals surface area (Å²) in [5, 5.41) is 2.03. The molecule has 0 amide bonds. The molecule has 0 aliphatic rings. The van der Waals surface area contributed by atoms with Gasteiger partial charge >= 0.3 is 0 Å². The molecule has 0 fully saturated rings. The van der Waals surface area contributed by atoms with Crippen molar-refractivity contribution in [1.82, 2.24) is 9.97 Å². The van der Waals surface area contributed by atoms with Crippen LogP contribution in [0.2, 0.25) is 0 Å². The number of rotatable bonds is 6. The summed E-state index contributed by atoms with van der Waals surface area (Å²) in [4.78, 5) is 10.2. The molecule has 0 radical (unpaired) electrons. The molecule has 0 atom stereocenters. The zero-order chi connectivity index (χ0) is 19.3. The topological polar surface area (TPSA) is 44.2 Å². The molecule has 0 aliphatic heterocycles. The molecule has 2 aromatic carbocycles. The number of ether oxygens (including phenoxy) is 2. The molecule has 140 valence electrons. The molecule has 0 saturated carbocycles. The van der Waals surface area contributed by atoms with E-state index in [1.54, 1.807) is 30.8 Å². The number of thiophene rings is 1. The number of hydrogen-bond acceptors (Lipinski definition) is 5. The van der Waals surface area contributed by atoms with E-state index in [9.17, 15) is 0 Å². The monoisotopic (exact) mass is 452 g/mol. The molecular formula is C22H17BrN2O2S. The molecule has 28 heavy (non-hydrogen) atoms. The first kappa shape index (κ1) is 18.7. The molecule has 2 aromatic heterocycles. The van der Waals surface area contributed by atoms with Gasteiger partial charge in [0, 0.05) is 15.4 Å². The summed E-state index contributed by atoms with van der Waals surface area (Å²) < 4.78 is 12.5. The Morgan fingerprint density at radius 1 is 0.964 bits per heavy atom. The minimum atomic E-state index is 0.485. The van der Waals surface area contributed by atoms with E-state index in [-0.39, 0.29) is 0 Å². The Labute approximate surface area is 176 Å². The van der Waals surface area contributed by atoms with Crippen molar-refractivity contribution in [2.24, 2.45) is 0 Å². The zero-order valence-corrected chi connectivity index (χ0v) is 17.5. The van der Waals surface area contributed by atoms with E-state index in [2.05, 4.69) is 20.9 Å². The van der Waals surface area contributed by atoms with Gasteiger partial charge in [0.15, 0.2) is 11.5 Å². The van der Waals surface area contributed by atoms with Crippen LogP contribution in [0, 0.1) is 0 Å². The third-order valence-electron chi connectivity index (χ3n) is 4.15. The fourth-order valence-corrected chi connectivity index (χ4v) is 4.14. The molecular weight excluding hydrogens is 436 g/mol. The lowest BCUT2D eigenvalue weighted by Crippen LogP contribution is -1.98. The van der Waals surface area contributed by atoms with Crippen molar-refractivity contribution in [2.75, 3.05) is 7.11 Å². The van der Waals surface area contributed by atoms with Crippen LogP contribution >= 0.6 is 27.3 Å². The average Bonchev–Trinajstić information content (AvgIpc) is 3.19. The molecule has 0 unspecified atom stereocenters. The first-order chi connectivity index (χ1) is 13.7. The standard InChI is InChI=1S/C22H17BrN2O2S/c1-26-21-9-16(7-8-20(21)27-13-15-5-3-2-4-6-15)18-11-24-12-19(25-18)22-10-17(23)14-28-22/h2-12,14H,13H2,1H3. The number of aromatic nitrogens is 2. The molecule has 0 N–H and O–H groups in total. The van der Waals surface area contributed by atoms with Gasteiger partial charge in [-0.25, -0.2) is 4.98 Å². The van der Waals surface area contributed by atoms with Gasteiger partial charge in [-0.15, -0.1) is 11.3 Å². The van der Waals surface area contributed by atoms with E-state index < -0.39 is 0 Å². The second-order valence-corrected chi connectivity index (χ2v) is 7.89. The van der Waals surface area contributed by atoms with E-state index >= 15 is 0 Å². The van der Waals surface area contributed by atoms with Gasteiger partial charge < -0.3 is 9.47 Å². The summed E-state index contributed by atoms with van der Waals surface area (Å²) in [7, 11) is 1.64. The van der Waals surface area contributed by atoms with E-state index in [4.69, 9.17) is 14.5 Å². The molecule has 6 heteroatoms. The molecule has 2 heterocycles. The van der Waals surface area contributed by atoms with Crippen LogP contribution in [-0.2, 0) is 6.61 Å². The molecule has 0 saturated heterocycles. The van der Waals surface area contributed by atoms with Gasteiger partial charge in [-0.2, -0.15) is 0 Å². The van der Waals surface area contributed by atoms with Gasteiger partial charge in [0.05, 0.1) is 35.8 Å². The van der Waals surface area contributed by atoms with Crippen LogP contribution in [-0.4, -0.2) is 17.1 Å². The Hall–Kier alpha value is -2.70. The Morgan fingerprint density at radius 3 is 2.54 bits per heavy atom. The molecule has 0 bridgehead atoms. The summed E-state index contributed by atoms with van der Waals surface area (Å²) in [6.45, 7) is 0.485. The number of nitrogens with zero attached hydrogens (tertiary/aromatic N) is 2. The zero-order valence-electron chi connectivity index (χ0n) is 15.1. The van der Waals surface area contributed by atoms with Gasteiger partial charge in [0.1, 0.15) is 6.61 Å². The Bertz CT molecular complexity index is 1080. The minimum Gasteiger partial charge on any atom is -0.493 e. The SMILES string of the molecule is COc1cc(-c2cncc(-c3cc(Br)cs3)n2)ccc1OCc1ccccc1. The highest BCUT2D eigenvalue weighted by molar-refractivity contribution is 9.10. The second kappa shape index (κ2) is 8.54. The maximum absolute atomic E-state index is 5.94. The number of methoxy groups -OCH3 is 1. The molecule has 4 nitrogen and oxygen atoms in total. The predicted molar refractivity (Wildman–Crippen MR) is 116 cm³/mol. The Balaban J connectivity index is 1.59. The highest BCUT2D eigenvalue weighted by Gasteiger charge is 2.11. The number of halogens is 1. The van der Waals surface area contributed by atoms with Gasteiger partial charge in [0.25, 0.3) is 0 Å². The smallest absolute Gasteiger partial charge is 0.161 e. The molecule has 0 aliphatic carbocycles. The summed E-state index contributed by atoms with van der Waals surface area (Å²) in [5.74, 6) is 1.36. The van der Waals surface area contributed by atoms with E-state index in [1.807, 2.05) is 60.0 Å². The fraction of sp³-hybridized carbons (Fsp3) is 0.0909. The van der Waals surface area contributed by atoms with Gasteiger partial charge in [-0.1, -0.05) is 30.3 Å². The van der Waals surface area contributed by atoms with Crippen molar-refractivity contribution in [2.45, 2.75) is 6.61 Å². The van der Waals surface area contributed by atoms with Crippen LogP contribution in [0.15, 0.2) is 76.8 Å². The van der Waals surface area contributed by atoms with Crippen molar-refractivity contribution in [3.05, 3.63) is 82.4 Å². The number of benzene rings is 2. The van der Waals surface area contributed by atoms with Gasteiger partial charge in [-0.05, 0) is 45.8 Å². The first-order valence-electron chi connectivity index (χ1n) is 8.64. The molecule has 4 rings (SSSR count). The Morgan fingerprint density at radius 2 is 1.79 bits per heavy atom. The van der Waals surface area contributed by atoms with E-state index in [0.29, 0.717) is 18.1 Å². The lowest BCUT2D eigenvalue weighted by Gasteiger charge is -2.12. The molecule has 4 aromatic rings. The third kappa shape index (κ3) is 4.24. The summed E-state index contributed by atoms with van der Waals surface area (Å²) in [5.41, 5.74) is 3.66. The first-order valence-corrected chi connectivity index (χ1v) is 10.3. The largest absolute Gasteiger partial charge is 0.493 e. The lowest BCUT2D eigenvalue weighted by molar-refractivity contribution is 0.284. The maximum atomic E-state index is 5.94. The van der Waals surface area contributed by atoms with Crippen LogP contribution in [0.25, 0.3) is 21.8 Å². The highest BCUT2D eigenvalue weighted by Crippen LogP contribution is 2.34. The average molecular weight is 453 g/mol. The maximum Gasteiger partial charge on any atom is 0.161 e. The van der Waals surface area contributed by atoms with Gasteiger partial charge in [0.2, 0.25) is 0 Å². The highest BCUT2D eigenvalue weighted by atomic mass is 79.9. The van der Waals surface area contributed by atoms with Crippen molar-refractivity contribution in [3.63, 3.8) is 0 Å². The van der Waals surface area contributed by atoms with Crippen molar-refractivity contribution >= 4 is 27.3 Å². The normalized spacial score (nSPS) is 10.6. The molecule has 0 spiro atoms. The van der Waals surface area contributed by atoms with Crippen molar-refractivity contribution in [1.29, 1.82) is 0 Å². The quantitative estimate of drug-likeness (QED) is 0.348. The number of hydrogen-bond donors (Lipinski definition) is 0. The van der Waals surface area contributed by atoms with Crippen molar-refractivity contribution in [3.8, 4) is 33.3 Å². The van der Waals surface area contributed by atoms with Crippen LogP contribution < -0.4 is 9.47 Å². The van der Waals surface area contributed by atoms with E-state index in [0.717, 1.165) is 31.9 Å². The fourth-order valence-electron chi connectivity index (χ4n) is 2.75. The summed E-state index contributed by atoms with van der Waals surface area (Å²) >= 11 is 5.11. The lowest BCUT2D eigenvalue weighted by atomic mass is 10.1. The second-order valence-electron chi connectivity index (χ2n) is 6.06. The third-order valence-corrected chi connectivity index (χ3v) is 5.86. The predicted octanol–water partition coefficient (Wildman–Crippen LogP) is 6.22.